The molecule has 5 nitrogen and oxygen atoms in total. The number of nitrogens with zero attached hydrogens (tertiary/aromatic N) is 2. The molecule has 0 spiro atoms. The van der Waals surface area contributed by atoms with Crippen LogP contribution in [0.2, 0.25) is 5.02 Å². The van der Waals surface area contributed by atoms with Crippen LogP contribution < -0.4 is 4.74 Å². The molecule has 0 aliphatic heterocycles. The van der Waals surface area contributed by atoms with Gasteiger partial charge in [0.2, 0.25) is 0 Å². The highest BCUT2D eigenvalue weighted by atomic mass is 35.5. The summed E-state index contributed by atoms with van der Waals surface area (Å²) in [6.07, 6.45) is -1.50. The fraction of sp³-hybridized carbons (Fsp3) is 0. The van der Waals surface area contributed by atoms with Crippen molar-refractivity contribution in [1.82, 2.24) is 4.98 Å². The SMILES string of the molecule is N#Cc1cccc(-c2nc(OC(=O)O)sc2-c2cc(F)cc(Cl)c2)c1. The zero-order chi connectivity index (χ0) is 18.0. The van der Waals surface area contributed by atoms with Gasteiger partial charge < -0.3 is 9.84 Å². The molecule has 0 radical (unpaired) electrons. The lowest BCUT2D eigenvalue weighted by Gasteiger charge is -2.04. The number of hydrogen-bond acceptors (Lipinski definition) is 5. The predicted octanol–water partition coefficient (Wildman–Crippen LogP) is 5.20. The Kier molecular flexibility index (Phi) is 4.65. The van der Waals surface area contributed by atoms with E-state index >= 15 is 0 Å². The third-order valence-corrected chi connectivity index (χ3v) is 4.37. The summed E-state index contributed by atoms with van der Waals surface area (Å²) in [6, 6.07) is 12.6. The first-order chi connectivity index (χ1) is 12.0. The van der Waals surface area contributed by atoms with E-state index in [9.17, 15) is 9.18 Å². The summed E-state index contributed by atoms with van der Waals surface area (Å²) in [5.74, 6) is -0.534. The van der Waals surface area contributed by atoms with Crippen molar-refractivity contribution < 1.29 is 19.0 Å². The minimum Gasteiger partial charge on any atom is -0.449 e. The van der Waals surface area contributed by atoms with E-state index in [4.69, 9.17) is 22.0 Å². The van der Waals surface area contributed by atoms with Crippen molar-refractivity contribution in [2.45, 2.75) is 0 Å². The van der Waals surface area contributed by atoms with Crippen molar-refractivity contribution in [2.75, 3.05) is 0 Å². The van der Waals surface area contributed by atoms with E-state index in [1.807, 2.05) is 6.07 Å². The van der Waals surface area contributed by atoms with E-state index < -0.39 is 12.0 Å². The molecule has 8 heteroatoms. The Morgan fingerprint density at radius 3 is 2.76 bits per heavy atom. The minimum atomic E-state index is -1.50. The van der Waals surface area contributed by atoms with Gasteiger partial charge in [0.1, 0.15) is 5.82 Å². The van der Waals surface area contributed by atoms with Gasteiger partial charge in [0.25, 0.3) is 5.19 Å². The number of rotatable bonds is 3. The summed E-state index contributed by atoms with van der Waals surface area (Å²) < 4.78 is 18.3. The standard InChI is InChI=1S/C17H8ClFN2O3S/c18-12-5-11(6-13(19)7-12)15-14(21-16(25-15)24-17(22)23)10-3-1-2-9(4-10)8-20/h1-7H,(H,22,23). The van der Waals surface area contributed by atoms with Gasteiger partial charge in [0.15, 0.2) is 0 Å². The highest BCUT2D eigenvalue weighted by molar-refractivity contribution is 7.17. The molecule has 0 fully saturated rings. The molecule has 1 aromatic heterocycles. The highest BCUT2D eigenvalue weighted by Crippen LogP contribution is 2.41. The number of carboxylic acid groups (broad SMARTS) is 1. The quantitative estimate of drug-likeness (QED) is 0.637. The summed E-state index contributed by atoms with van der Waals surface area (Å²) >= 11 is 6.86. The maximum Gasteiger partial charge on any atom is 0.513 e. The maximum atomic E-state index is 13.7. The Hall–Kier alpha value is -2.95. The van der Waals surface area contributed by atoms with Crippen LogP contribution in [-0.4, -0.2) is 16.2 Å². The van der Waals surface area contributed by atoms with Crippen molar-refractivity contribution in [1.29, 1.82) is 5.26 Å². The lowest BCUT2D eigenvalue weighted by molar-refractivity contribution is 0.144. The van der Waals surface area contributed by atoms with Crippen LogP contribution >= 0.6 is 22.9 Å². The molecule has 124 valence electrons. The number of aromatic nitrogens is 1. The summed E-state index contributed by atoms with van der Waals surface area (Å²) in [7, 11) is 0. The Morgan fingerprint density at radius 2 is 2.08 bits per heavy atom. The second-order valence-corrected chi connectivity index (χ2v) is 6.27. The van der Waals surface area contributed by atoms with Gasteiger partial charge in [0, 0.05) is 10.6 Å². The molecule has 3 aromatic rings. The van der Waals surface area contributed by atoms with Crippen molar-refractivity contribution >= 4 is 29.1 Å². The molecule has 2 aromatic carbocycles. The van der Waals surface area contributed by atoms with Gasteiger partial charge in [-0.15, -0.1) is 0 Å². The van der Waals surface area contributed by atoms with Crippen LogP contribution in [0.5, 0.6) is 5.19 Å². The number of hydrogen-bond donors (Lipinski definition) is 1. The fourth-order valence-electron chi connectivity index (χ4n) is 2.23. The first kappa shape index (κ1) is 16.9. The van der Waals surface area contributed by atoms with Crippen LogP contribution in [0.4, 0.5) is 9.18 Å². The molecule has 0 saturated heterocycles. The van der Waals surface area contributed by atoms with Gasteiger partial charge in [-0.05, 0) is 35.9 Å². The molecule has 0 saturated carbocycles. The molecule has 0 unspecified atom stereocenters. The number of ether oxygens (including phenoxy) is 1. The van der Waals surface area contributed by atoms with Crippen LogP contribution in [0, 0.1) is 17.1 Å². The van der Waals surface area contributed by atoms with E-state index in [0.29, 0.717) is 27.3 Å². The normalized spacial score (nSPS) is 10.3. The summed E-state index contributed by atoms with van der Waals surface area (Å²) in [5.41, 5.74) is 1.79. The van der Waals surface area contributed by atoms with Crippen LogP contribution in [0.15, 0.2) is 42.5 Å². The van der Waals surface area contributed by atoms with Crippen LogP contribution in [0.1, 0.15) is 5.56 Å². The average molecular weight is 375 g/mol. The van der Waals surface area contributed by atoms with Gasteiger partial charge in [-0.2, -0.15) is 5.26 Å². The Balaban J connectivity index is 2.20. The molecular formula is C17H8ClFN2O3S. The van der Waals surface area contributed by atoms with Gasteiger partial charge in [-0.3, -0.25) is 0 Å². The number of nitriles is 1. The lowest BCUT2D eigenvalue weighted by Crippen LogP contribution is -2.02. The summed E-state index contributed by atoms with van der Waals surface area (Å²) in [4.78, 5) is 15.4. The lowest BCUT2D eigenvalue weighted by atomic mass is 10.0. The Labute approximate surface area is 150 Å². The first-order valence-electron chi connectivity index (χ1n) is 6.85. The van der Waals surface area contributed by atoms with Crippen molar-refractivity contribution in [3.63, 3.8) is 0 Å². The van der Waals surface area contributed by atoms with Crippen molar-refractivity contribution in [2.24, 2.45) is 0 Å². The molecule has 1 heterocycles. The molecule has 0 atom stereocenters. The highest BCUT2D eigenvalue weighted by Gasteiger charge is 2.19. The fourth-order valence-corrected chi connectivity index (χ4v) is 3.37. The molecule has 0 aliphatic rings. The second-order valence-electron chi connectivity index (χ2n) is 4.88. The number of benzene rings is 2. The van der Waals surface area contributed by atoms with Crippen LogP contribution in [-0.2, 0) is 0 Å². The van der Waals surface area contributed by atoms with E-state index in [0.717, 1.165) is 17.4 Å². The monoisotopic (exact) mass is 374 g/mol. The zero-order valence-electron chi connectivity index (χ0n) is 12.4. The smallest absolute Gasteiger partial charge is 0.449 e. The molecule has 0 amide bonds. The van der Waals surface area contributed by atoms with E-state index in [2.05, 4.69) is 9.72 Å². The number of thiazole rings is 1. The van der Waals surface area contributed by atoms with E-state index in [1.165, 1.54) is 6.07 Å². The summed E-state index contributed by atoms with van der Waals surface area (Å²) in [6.45, 7) is 0. The Bertz CT molecular complexity index is 993. The van der Waals surface area contributed by atoms with Gasteiger partial charge in [0.05, 0.1) is 22.2 Å². The zero-order valence-corrected chi connectivity index (χ0v) is 13.9. The molecule has 0 aliphatic carbocycles. The number of carbonyl (C=O) groups is 1. The van der Waals surface area contributed by atoms with E-state index in [-0.39, 0.29) is 10.2 Å². The minimum absolute atomic E-state index is 0.111. The molecule has 3 rings (SSSR count). The molecule has 1 N–H and O–H groups in total. The third kappa shape index (κ3) is 3.76. The van der Waals surface area contributed by atoms with Crippen LogP contribution in [0.3, 0.4) is 0 Å². The third-order valence-electron chi connectivity index (χ3n) is 3.17. The molecule has 25 heavy (non-hydrogen) atoms. The average Bonchev–Trinajstić information content (AvgIpc) is 2.97. The van der Waals surface area contributed by atoms with Crippen molar-refractivity contribution in [3.05, 3.63) is 58.9 Å². The predicted molar refractivity (Wildman–Crippen MR) is 91.3 cm³/mol. The van der Waals surface area contributed by atoms with Gasteiger partial charge in [-0.25, -0.2) is 14.2 Å². The topological polar surface area (TPSA) is 83.2 Å². The molecule has 0 bridgehead atoms. The number of halogens is 2. The largest absolute Gasteiger partial charge is 0.513 e. The van der Waals surface area contributed by atoms with Gasteiger partial charge in [-0.1, -0.05) is 35.1 Å². The van der Waals surface area contributed by atoms with E-state index in [1.54, 1.807) is 30.3 Å². The first-order valence-corrected chi connectivity index (χ1v) is 8.04. The molecular weight excluding hydrogens is 367 g/mol. The van der Waals surface area contributed by atoms with Gasteiger partial charge >= 0.3 is 6.16 Å². The summed E-state index contributed by atoms with van der Waals surface area (Å²) in [5, 5.41) is 17.9. The Morgan fingerprint density at radius 1 is 1.28 bits per heavy atom. The maximum absolute atomic E-state index is 13.7. The van der Waals surface area contributed by atoms with Crippen LogP contribution in [0.25, 0.3) is 21.7 Å². The second kappa shape index (κ2) is 6.89. The van der Waals surface area contributed by atoms with Crippen molar-refractivity contribution in [3.8, 4) is 33.0 Å².